The predicted octanol–water partition coefficient (Wildman–Crippen LogP) is 5.27. The lowest BCUT2D eigenvalue weighted by Crippen LogP contribution is -2.20. The highest BCUT2D eigenvalue weighted by Gasteiger charge is 2.22. The van der Waals surface area contributed by atoms with E-state index in [2.05, 4.69) is 50.3 Å². The molecule has 0 aromatic heterocycles. The number of hydrogen-bond donors (Lipinski definition) is 4. The Labute approximate surface area is 169 Å². The van der Waals surface area contributed by atoms with Crippen molar-refractivity contribution in [2.45, 2.75) is 47.0 Å². The van der Waals surface area contributed by atoms with Crippen LogP contribution in [0.1, 0.15) is 52.5 Å². The van der Waals surface area contributed by atoms with Gasteiger partial charge in [-0.25, -0.2) is 4.99 Å². The average molecular weight is 382 g/mol. The van der Waals surface area contributed by atoms with Crippen molar-refractivity contribution in [2.75, 3.05) is 18.1 Å². The van der Waals surface area contributed by atoms with Gasteiger partial charge in [0, 0.05) is 34.9 Å². The van der Waals surface area contributed by atoms with E-state index >= 15 is 0 Å². The first-order chi connectivity index (χ1) is 13.4. The van der Waals surface area contributed by atoms with E-state index in [1.54, 1.807) is 6.20 Å². The molecular weight excluding hydrogens is 346 g/mol. The Bertz CT molecular complexity index is 795. The standard InChI is InChI=1S/C22H30N4.CH5N/c1-6-25-22(26-18-8-10-20(24)17(12-18)13-23)21(14(2)3)19-9-7-15(4)11-16(19)5;1-2/h6,8,10,12-13,15,23H,1,7,9,11,24H2,2-5H3,(H,25,26);2H2,1H3. The lowest BCUT2D eigenvalue weighted by atomic mass is 9.81. The van der Waals surface area contributed by atoms with E-state index < -0.39 is 0 Å². The first-order valence-electron chi connectivity index (χ1n) is 9.67. The summed E-state index contributed by atoms with van der Waals surface area (Å²) in [5, 5.41) is 10.9. The van der Waals surface area contributed by atoms with E-state index in [-0.39, 0.29) is 0 Å². The molecule has 0 radical (unpaired) electrons. The topological polar surface area (TPSA) is 100 Å². The summed E-state index contributed by atoms with van der Waals surface area (Å²) in [5.41, 5.74) is 17.8. The van der Waals surface area contributed by atoms with Gasteiger partial charge in [-0.1, -0.05) is 24.6 Å². The second kappa shape index (κ2) is 11.2. The molecule has 1 aromatic rings. The first-order valence-corrected chi connectivity index (χ1v) is 9.67. The fraction of sp³-hybridized carbons (Fsp3) is 0.391. The molecule has 0 aliphatic heterocycles. The van der Waals surface area contributed by atoms with Crippen LogP contribution in [0, 0.1) is 11.3 Å². The van der Waals surface area contributed by atoms with Gasteiger partial charge in [-0.2, -0.15) is 0 Å². The molecule has 1 aliphatic rings. The second-order valence-electron chi connectivity index (χ2n) is 7.26. The third-order valence-corrected chi connectivity index (χ3v) is 4.82. The number of nitrogens with zero attached hydrogens (tertiary/aromatic N) is 1. The third kappa shape index (κ3) is 5.92. The van der Waals surface area contributed by atoms with Crippen molar-refractivity contribution in [3.05, 3.63) is 58.8 Å². The molecule has 0 amide bonds. The molecule has 28 heavy (non-hydrogen) atoms. The molecule has 5 heteroatoms. The number of nitrogen functional groups attached to an aromatic ring is 1. The minimum Gasteiger partial charge on any atom is -0.398 e. The van der Waals surface area contributed by atoms with Crippen molar-refractivity contribution in [1.29, 1.82) is 5.41 Å². The Morgan fingerprint density at radius 1 is 1.32 bits per heavy atom. The fourth-order valence-corrected chi connectivity index (χ4v) is 3.54. The van der Waals surface area contributed by atoms with Gasteiger partial charge in [0.1, 0.15) is 5.84 Å². The van der Waals surface area contributed by atoms with Crippen LogP contribution in [0.2, 0.25) is 0 Å². The Balaban J connectivity index is 0.00000190. The minimum absolute atomic E-state index is 0.593. The molecule has 0 heterocycles. The van der Waals surface area contributed by atoms with E-state index in [1.165, 1.54) is 42.0 Å². The van der Waals surface area contributed by atoms with Crippen LogP contribution in [0.5, 0.6) is 0 Å². The lowest BCUT2D eigenvalue weighted by molar-refractivity contribution is 0.499. The summed E-state index contributed by atoms with van der Waals surface area (Å²) < 4.78 is 0. The van der Waals surface area contributed by atoms with Crippen LogP contribution < -0.4 is 16.8 Å². The van der Waals surface area contributed by atoms with Crippen molar-refractivity contribution >= 4 is 23.4 Å². The Kier molecular flexibility index (Phi) is 9.39. The van der Waals surface area contributed by atoms with E-state index in [0.717, 1.165) is 30.3 Å². The molecule has 0 bridgehead atoms. The van der Waals surface area contributed by atoms with Crippen LogP contribution in [0.4, 0.5) is 11.4 Å². The molecule has 1 aliphatic carbocycles. The Hall–Kier alpha value is -2.66. The van der Waals surface area contributed by atoms with Gasteiger partial charge in [-0.15, -0.1) is 0 Å². The molecule has 0 saturated heterocycles. The van der Waals surface area contributed by atoms with Crippen LogP contribution in [0.15, 0.2) is 58.3 Å². The van der Waals surface area contributed by atoms with Crippen molar-refractivity contribution in [3.8, 4) is 0 Å². The number of aliphatic imine (C=N–C) groups is 1. The number of nitrogens with two attached hydrogens (primary N) is 2. The van der Waals surface area contributed by atoms with Crippen molar-refractivity contribution < 1.29 is 0 Å². The fourth-order valence-electron chi connectivity index (χ4n) is 3.54. The normalized spacial score (nSPS) is 16.6. The number of amidine groups is 1. The molecule has 1 aromatic carbocycles. The lowest BCUT2D eigenvalue weighted by Gasteiger charge is -2.27. The zero-order valence-corrected chi connectivity index (χ0v) is 17.9. The minimum atomic E-state index is 0.593. The van der Waals surface area contributed by atoms with Gasteiger partial charge in [0.25, 0.3) is 0 Å². The van der Waals surface area contributed by atoms with E-state index in [0.29, 0.717) is 11.3 Å². The number of allylic oxidation sites excluding steroid dienone is 2. The Morgan fingerprint density at radius 3 is 2.54 bits per heavy atom. The highest BCUT2D eigenvalue weighted by molar-refractivity contribution is 6.12. The first kappa shape index (κ1) is 23.4. The zero-order chi connectivity index (χ0) is 21.3. The molecule has 152 valence electrons. The average Bonchev–Trinajstić information content (AvgIpc) is 2.66. The molecule has 2 rings (SSSR count). The monoisotopic (exact) mass is 381 g/mol. The van der Waals surface area contributed by atoms with Crippen LogP contribution in [-0.2, 0) is 0 Å². The van der Waals surface area contributed by atoms with Gasteiger partial charge in [-0.3, -0.25) is 0 Å². The smallest absolute Gasteiger partial charge is 0.137 e. The van der Waals surface area contributed by atoms with E-state index in [4.69, 9.17) is 11.1 Å². The molecule has 0 saturated carbocycles. The van der Waals surface area contributed by atoms with Crippen molar-refractivity contribution in [2.24, 2.45) is 16.6 Å². The molecular formula is C23H35N5. The SMILES string of the molecule is C=CN=C(Nc1ccc(N)c(C=N)c1)C(=C(C)C)C1=C(C)CC(C)CC1.CN. The highest BCUT2D eigenvalue weighted by atomic mass is 15.0. The summed E-state index contributed by atoms with van der Waals surface area (Å²) in [4.78, 5) is 4.54. The molecule has 1 unspecified atom stereocenters. The molecule has 6 N–H and O–H groups in total. The predicted molar refractivity (Wildman–Crippen MR) is 124 cm³/mol. The van der Waals surface area contributed by atoms with Gasteiger partial charge in [0.2, 0.25) is 0 Å². The summed E-state index contributed by atoms with van der Waals surface area (Å²) in [7, 11) is 1.50. The number of benzene rings is 1. The Morgan fingerprint density at radius 2 is 2.00 bits per heavy atom. The van der Waals surface area contributed by atoms with Crippen LogP contribution in [0.3, 0.4) is 0 Å². The zero-order valence-electron chi connectivity index (χ0n) is 17.9. The molecule has 1 atom stereocenters. The van der Waals surface area contributed by atoms with Crippen LogP contribution in [-0.4, -0.2) is 19.1 Å². The molecule has 0 spiro atoms. The maximum absolute atomic E-state index is 7.51. The maximum Gasteiger partial charge on any atom is 0.137 e. The summed E-state index contributed by atoms with van der Waals surface area (Å²) >= 11 is 0. The molecule has 5 nitrogen and oxygen atoms in total. The summed E-state index contributed by atoms with van der Waals surface area (Å²) in [6.07, 6.45) is 6.24. The second-order valence-corrected chi connectivity index (χ2v) is 7.26. The van der Waals surface area contributed by atoms with Gasteiger partial charge in [0.15, 0.2) is 0 Å². The van der Waals surface area contributed by atoms with Crippen LogP contribution in [0.25, 0.3) is 0 Å². The summed E-state index contributed by atoms with van der Waals surface area (Å²) in [5.74, 6) is 1.53. The number of hydrogen-bond acceptors (Lipinski definition) is 4. The van der Waals surface area contributed by atoms with Gasteiger partial charge in [0.05, 0.1) is 0 Å². The highest BCUT2D eigenvalue weighted by Crippen LogP contribution is 2.35. The maximum atomic E-state index is 7.51. The largest absolute Gasteiger partial charge is 0.398 e. The van der Waals surface area contributed by atoms with Crippen LogP contribution >= 0.6 is 0 Å². The van der Waals surface area contributed by atoms with Crippen molar-refractivity contribution in [1.82, 2.24) is 0 Å². The summed E-state index contributed by atoms with van der Waals surface area (Å²) in [6, 6.07) is 5.59. The quantitative estimate of drug-likeness (QED) is 0.317. The van der Waals surface area contributed by atoms with E-state index in [9.17, 15) is 0 Å². The van der Waals surface area contributed by atoms with Crippen molar-refractivity contribution in [3.63, 3.8) is 0 Å². The van der Waals surface area contributed by atoms with Gasteiger partial charge in [-0.05, 0) is 76.8 Å². The van der Waals surface area contributed by atoms with Gasteiger partial charge >= 0.3 is 0 Å². The molecule has 0 fully saturated rings. The third-order valence-electron chi connectivity index (χ3n) is 4.82. The summed E-state index contributed by atoms with van der Waals surface area (Å²) in [6.45, 7) is 12.6. The van der Waals surface area contributed by atoms with Gasteiger partial charge < -0.3 is 22.2 Å². The number of nitrogens with one attached hydrogen (secondary N) is 2. The number of rotatable bonds is 5. The van der Waals surface area contributed by atoms with E-state index in [1.807, 2.05) is 18.2 Å². The number of anilines is 2.